The first kappa shape index (κ1) is 43.3. The third-order valence-electron chi connectivity index (χ3n) is 11.5. The molecule has 4 amide bonds. The highest BCUT2D eigenvalue weighted by atomic mass is 32.2. The Bertz CT molecular complexity index is 2300. The molecule has 4 heterocycles. The molecule has 2 aliphatic carbocycles. The Balaban J connectivity index is 1.25. The molecule has 0 bridgehead atoms. The van der Waals surface area contributed by atoms with Crippen LogP contribution in [-0.4, -0.2) is 95.3 Å². The maximum Gasteiger partial charge on any atom is 0.408 e. The molecule has 2 saturated carbocycles. The Kier molecular flexibility index (Phi) is 12.2. The second-order valence-electron chi connectivity index (χ2n) is 17.7. The van der Waals surface area contributed by atoms with Crippen LogP contribution in [0, 0.1) is 12.8 Å². The van der Waals surface area contributed by atoms with Crippen molar-refractivity contribution in [1.29, 1.82) is 0 Å². The molecule has 17 heteroatoms. The van der Waals surface area contributed by atoms with E-state index in [1.54, 1.807) is 27.9 Å². The molecule has 3 N–H and O–H groups in total. The number of aromatic nitrogens is 2. The van der Waals surface area contributed by atoms with Crippen LogP contribution in [-0.2, 0) is 29.1 Å². The number of pyridine rings is 1. The summed E-state index contributed by atoms with van der Waals surface area (Å²) in [5, 5.41) is 8.46. The highest BCUT2D eigenvalue weighted by Gasteiger charge is 2.62. The third-order valence-corrected chi connectivity index (χ3v) is 14.2. The topological polar surface area (TPSA) is 195 Å². The van der Waals surface area contributed by atoms with E-state index >= 15 is 0 Å². The molecule has 0 radical (unpaired) electrons. The van der Waals surface area contributed by atoms with Gasteiger partial charge in [0.05, 0.1) is 30.1 Å². The molecule has 5 atom stereocenters. The van der Waals surface area contributed by atoms with Gasteiger partial charge in [-0.05, 0) is 84.3 Å². The van der Waals surface area contributed by atoms with Crippen LogP contribution in [0.1, 0.15) is 110 Å². The minimum absolute atomic E-state index is 0.0228. The van der Waals surface area contributed by atoms with Gasteiger partial charge in [0.25, 0.3) is 5.91 Å². The van der Waals surface area contributed by atoms with Gasteiger partial charge in [-0.1, -0.05) is 38.8 Å². The molecule has 1 aromatic carbocycles. The quantitative estimate of drug-likeness (QED) is 0.212. The van der Waals surface area contributed by atoms with Gasteiger partial charge in [0.15, 0.2) is 0 Å². The summed E-state index contributed by atoms with van der Waals surface area (Å²) in [7, 11) is -2.32. The number of sulfonamides is 1. The van der Waals surface area contributed by atoms with Crippen LogP contribution in [0.25, 0.3) is 21.6 Å². The van der Waals surface area contributed by atoms with Crippen LogP contribution < -0.4 is 24.8 Å². The Morgan fingerprint density at radius 1 is 1.07 bits per heavy atom. The van der Waals surface area contributed by atoms with Crippen LogP contribution in [0.4, 0.5) is 4.79 Å². The summed E-state index contributed by atoms with van der Waals surface area (Å²) in [5.41, 5.74) is 0.635. The predicted octanol–water partition coefficient (Wildman–Crippen LogP) is 6.04. The summed E-state index contributed by atoms with van der Waals surface area (Å²) >= 11 is 1.48. The Morgan fingerprint density at radius 2 is 1.83 bits per heavy atom. The average Bonchev–Trinajstić information content (AvgIpc) is 4.05. The standard InChI is InChI=1S/C43H56N6O9S2/c1-24(2)32-23-59-38(45-32)31-20-35(29-17-18-34(56-7)25(3)36(29)44-31)57-27-19-33-37(50)47-43(40(52)48-60(54,55)28-15-16-28)21-26(43)13-11-9-8-10-12-14-30(39(51)49(33)22-27)46-41(53)58-42(4,5)6/h11,13,17-18,20,23-24,26-28,30,33H,8-10,12,14-16,19,21-22H2,1-7H3,(H,46,53)(H,47,50)(H,48,52)/t26-,27-,30+,33+,43-/m1/s1. The average molecular weight is 865 g/mol. The molecule has 3 fully saturated rings. The lowest BCUT2D eigenvalue weighted by Crippen LogP contribution is -2.58. The van der Waals surface area contributed by atoms with Gasteiger partial charge in [0, 0.05) is 34.7 Å². The van der Waals surface area contributed by atoms with E-state index in [1.807, 2.05) is 42.7 Å². The number of ether oxygens (including phenoxy) is 3. The van der Waals surface area contributed by atoms with Crippen molar-refractivity contribution in [2.45, 2.75) is 140 Å². The number of nitrogens with zero attached hydrogens (tertiary/aromatic N) is 3. The van der Waals surface area contributed by atoms with Crippen LogP contribution in [0.2, 0.25) is 0 Å². The van der Waals surface area contributed by atoms with E-state index in [1.165, 1.54) is 16.2 Å². The summed E-state index contributed by atoms with van der Waals surface area (Å²) in [6.45, 7) is 11.2. The molecule has 1 saturated heterocycles. The fourth-order valence-electron chi connectivity index (χ4n) is 7.95. The molecule has 3 aromatic rings. The van der Waals surface area contributed by atoms with Crippen molar-refractivity contribution in [3.05, 3.63) is 47.0 Å². The van der Waals surface area contributed by atoms with E-state index in [9.17, 15) is 27.6 Å². The first-order valence-corrected chi connectivity index (χ1v) is 23.3. The Hall–Kier alpha value is -4.77. The predicted molar refractivity (Wildman–Crippen MR) is 227 cm³/mol. The Labute approximate surface area is 355 Å². The molecule has 7 rings (SSSR count). The number of hydrogen-bond acceptors (Lipinski definition) is 12. The van der Waals surface area contributed by atoms with E-state index in [0.29, 0.717) is 65.2 Å². The molecule has 4 aliphatic rings. The van der Waals surface area contributed by atoms with Crippen molar-refractivity contribution < 1.29 is 41.8 Å². The van der Waals surface area contributed by atoms with Gasteiger partial charge >= 0.3 is 6.09 Å². The number of allylic oxidation sites excluding steroid dienone is 1. The van der Waals surface area contributed by atoms with Crippen molar-refractivity contribution in [3.63, 3.8) is 0 Å². The first-order valence-electron chi connectivity index (χ1n) is 20.8. The van der Waals surface area contributed by atoms with Gasteiger partial charge in [-0.3, -0.25) is 19.1 Å². The van der Waals surface area contributed by atoms with Crippen molar-refractivity contribution in [2.24, 2.45) is 5.92 Å². The summed E-state index contributed by atoms with van der Waals surface area (Å²) in [5.74, 6) is -1.02. The maximum absolute atomic E-state index is 14.7. The molecule has 324 valence electrons. The lowest BCUT2D eigenvalue weighted by molar-refractivity contribution is -0.141. The third kappa shape index (κ3) is 9.41. The maximum atomic E-state index is 14.7. The fraction of sp³-hybridized carbons (Fsp3) is 0.581. The van der Waals surface area contributed by atoms with Gasteiger partial charge in [-0.2, -0.15) is 0 Å². The lowest BCUT2D eigenvalue weighted by atomic mass is 10.0. The van der Waals surface area contributed by atoms with Crippen molar-refractivity contribution in [3.8, 4) is 22.2 Å². The molecular formula is C43H56N6O9S2. The molecule has 2 aromatic heterocycles. The number of carbonyl (C=O) groups is 4. The van der Waals surface area contributed by atoms with Crippen LogP contribution in [0.5, 0.6) is 11.5 Å². The smallest absolute Gasteiger partial charge is 0.408 e. The zero-order valence-electron chi connectivity index (χ0n) is 35.3. The number of nitrogens with one attached hydrogen (secondary N) is 3. The van der Waals surface area contributed by atoms with Gasteiger partial charge in [0.1, 0.15) is 51.5 Å². The number of amides is 4. The number of aryl methyl sites for hydroxylation is 1. The van der Waals surface area contributed by atoms with Gasteiger partial charge in [-0.25, -0.2) is 23.2 Å². The van der Waals surface area contributed by atoms with Crippen LogP contribution in [0.3, 0.4) is 0 Å². The summed E-state index contributed by atoms with van der Waals surface area (Å²) in [4.78, 5) is 67.6. The molecule has 0 spiro atoms. The first-order chi connectivity index (χ1) is 28.4. The van der Waals surface area contributed by atoms with Gasteiger partial charge in [0.2, 0.25) is 21.8 Å². The summed E-state index contributed by atoms with van der Waals surface area (Å²) < 4.78 is 46.1. The largest absolute Gasteiger partial charge is 0.496 e. The second-order valence-corrected chi connectivity index (χ2v) is 20.5. The number of hydrogen-bond donors (Lipinski definition) is 3. The van der Waals surface area contributed by atoms with E-state index in [4.69, 9.17) is 24.2 Å². The number of benzene rings is 1. The van der Waals surface area contributed by atoms with E-state index in [-0.39, 0.29) is 25.3 Å². The normalized spacial score (nSPS) is 25.1. The minimum atomic E-state index is -3.91. The lowest BCUT2D eigenvalue weighted by Gasteiger charge is -2.30. The second kappa shape index (κ2) is 16.9. The van der Waals surface area contributed by atoms with E-state index in [2.05, 4.69) is 29.2 Å². The number of thiazole rings is 1. The molecular weight excluding hydrogens is 809 g/mol. The number of rotatable bonds is 9. The number of carbonyl (C=O) groups excluding carboxylic acids is 4. The van der Waals surface area contributed by atoms with Crippen LogP contribution >= 0.6 is 11.3 Å². The van der Waals surface area contributed by atoms with Gasteiger partial charge in [-0.15, -0.1) is 11.3 Å². The van der Waals surface area contributed by atoms with Crippen LogP contribution in [0.15, 0.2) is 35.7 Å². The fourth-order valence-corrected chi connectivity index (χ4v) is 10.3. The molecule has 0 unspecified atom stereocenters. The minimum Gasteiger partial charge on any atom is -0.496 e. The highest BCUT2D eigenvalue weighted by molar-refractivity contribution is 7.91. The molecule has 2 aliphatic heterocycles. The number of fused-ring (bicyclic) bond motifs is 3. The highest BCUT2D eigenvalue weighted by Crippen LogP contribution is 2.46. The summed E-state index contributed by atoms with van der Waals surface area (Å²) in [6.07, 6.45) is 6.67. The zero-order valence-corrected chi connectivity index (χ0v) is 37.0. The molecule has 60 heavy (non-hydrogen) atoms. The Morgan fingerprint density at radius 3 is 2.52 bits per heavy atom. The summed E-state index contributed by atoms with van der Waals surface area (Å²) in [6, 6.07) is 3.37. The van der Waals surface area contributed by atoms with Crippen molar-refractivity contribution >= 4 is 56.1 Å². The number of alkyl carbamates (subject to hydrolysis) is 1. The molecule has 15 nitrogen and oxygen atoms in total. The van der Waals surface area contributed by atoms with Crippen molar-refractivity contribution in [1.82, 2.24) is 30.2 Å². The van der Waals surface area contributed by atoms with E-state index < -0.39 is 74.3 Å². The SMILES string of the molecule is COc1ccc2c(O[C@@H]3C[C@H]4C(=O)N[C@]5(C(=O)NS(=O)(=O)C6CC6)C[C@H]5C=CCCCCC[C@H](NC(=O)OC(C)(C)C)C(=O)N4C3)cc(-c3nc(C(C)C)cs3)nc2c1C. The van der Waals surface area contributed by atoms with Gasteiger partial charge < -0.3 is 29.7 Å². The van der Waals surface area contributed by atoms with E-state index in [0.717, 1.165) is 24.1 Å². The monoisotopic (exact) mass is 864 g/mol. The number of methoxy groups -OCH3 is 1. The van der Waals surface area contributed by atoms with Crippen molar-refractivity contribution in [2.75, 3.05) is 13.7 Å². The zero-order chi connectivity index (χ0) is 43.1.